The number of para-hydroxylation sites is 1. The first-order valence-corrected chi connectivity index (χ1v) is 12.0. The van der Waals surface area contributed by atoms with Crippen molar-refractivity contribution < 1.29 is 14.5 Å². The number of hydrogen-bond donors (Lipinski definition) is 1. The van der Waals surface area contributed by atoms with Crippen molar-refractivity contribution in [3.8, 4) is 0 Å². The molecule has 0 bridgehead atoms. The second-order valence-electron chi connectivity index (χ2n) is 8.24. The highest BCUT2D eigenvalue weighted by atomic mass is 32.2. The lowest BCUT2D eigenvalue weighted by Crippen LogP contribution is -2.48. The molecule has 5 rings (SSSR count). The second kappa shape index (κ2) is 9.63. The molecule has 0 saturated carbocycles. The molecule has 0 radical (unpaired) electrons. The lowest BCUT2D eigenvalue weighted by atomic mass is 10.1. The van der Waals surface area contributed by atoms with Crippen molar-refractivity contribution >= 4 is 46.7 Å². The average molecular weight is 487 g/mol. The van der Waals surface area contributed by atoms with Crippen LogP contribution in [0.4, 0.5) is 17.1 Å². The molecule has 0 spiro atoms. The van der Waals surface area contributed by atoms with E-state index in [4.69, 9.17) is 0 Å². The van der Waals surface area contributed by atoms with Crippen molar-refractivity contribution in [1.29, 1.82) is 0 Å². The number of hydrogen-bond acceptors (Lipinski definition) is 6. The van der Waals surface area contributed by atoms with Gasteiger partial charge in [-0.25, -0.2) is 0 Å². The van der Waals surface area contributed by atoms with Crippen molar-refractivity contribution in [3.63, 3.8) is 0 Å². The Morgan fingerprint density at radius 3 is 2.31 bits per heavy atom. The number of nitro benzene ring substituents is 1. The smallest absolute Gasteiger partial charge is 0.269 e. The number of piperazine rings is 1. The number of rotatable bonds is 4. The fourth-order valence-corrected chi connectivity index (χ4v) is 5.06. The zero-order chi connectivity index (χ0) is 24.4. The third-order valence-electron chi connectivity index (χ3n) is 6.03. The van der Waals surface area contributed by atoms with Gasteiger partial charge in [-0.3, -0.25) is 19.7 Å². The maximum atomic E-state index is 13.0. The summed E-state index contributed by atoms with van der Waals surface area (Å²) in [6, 6.07) is 21.4. The maximum Gasteiger partial charge on any atom is 0.269 e. The van der Waals surface area contributed by atoms with Crippen molar-refractivity contribution in [3.05, 3.63) is 98.9 Å². The minimum atomic E-state index is -0.413. The number of carbonyl (C=O) groups excluding carboxylic acids is 2. The molecule has 3 aromatic carbocycles. The van der Waals surface area contributed by atoms with Gasteiger partial charge in [0.05, 0.1) is 15.5 Å². The van der Waals surface area contributed by atoms with Gasteiger partial charge >= 0.3 is 0 Å². The molecule has 3 aromatic rings. The van der Waals surface area contributed by atoms with Crippen LogP contribution in [-0.4, -0.2) is 47.8 Å². The molecule has 2 aliphatic heterocycles. The van der Waals surface area contributed by atoms with Crippen molar-refractivity contribution in [2.24, 2.45) is 0 Å². The molecule has 2 heterocycles. The van der Waals surface area contributed by atoms with Crippen LogP contribution in [0.1, 0.15) is 15.9 Å². The number of anilines is 2. The van der Waals surface area contributed by atoms with E-state index in [-0.39, 0.29) is 17.5 Å². The molecule has 1 fully saturated rings. The number of amides is 2. The number of carbonyl (C=O) groups is 2. The maximum absolute atomic E-state index is 13.0. The number of benzene rings is 3. The van der Waals surface area contributed by atoms with Gasteiger partial charge in [0, 0.05) is 54.5 Å². The Balaban J connectivity index is 1.21. The van der Waals surface area contributed by atoms with E-state index >= 15 is 0 Å². The van der Waals surface area contributed by atoms with Gasteiger partial charge in [-0.2, -0.15) is 0 Å². The lowest BCUT2D eigenvalue weighted by molar-refractivity contribution is -0.384. The lowest BCUT2D eigenvalue weighted by Gasteiger charge is -2.36. The summed E-state index contributed by atoms with van der Waals surface area (Å²) < 4.78 is 0. The molecule has 0 aliphatic carbocycles. The molecule has 2 amide bonds. The van der Waals surface area contributed by atoms with Gasteiger partial charge in [0.2, 0.25) is 0 Å². The fraction of sp³-hybridized carbons (Fsp3) is 0.154. The van der Waals surface area contributed by atoms with Crippen LogP contribution in [0.25, 0.3) is 6.08 Å². The van der Waals surface area contributed by atoms with E-state index in [1.165, 1.54) is 23.9 Å². The molecule has 35 heavy (non-hydrogen) atoms. The number of thioether (sulfide) groups is 1. The van der Waals surface area contributed by atoms with Crippen LogP contribution in [0, 0.1) is 10.1 Å². The molecular weight excluding hydrogens is 464 g/mol. The summed E-state index contributed by atoms with van der Waals surface area (Å²) in [6.07, 6.45) is 1.83. The first kappa shape index (κ1) is 22.7. The third kappa shape index (κ3) is 4.90. The summed E-state index contributed by atoms with van der Waals surface area (Å²) >= 11 is 1.43. The van der Waals surface area contributed by atoms with Crippen molar-refractivity contribution in [2.75, 3.05) is 36.4 Å². The highest BCUT2D eigenvalue weighted by molar-refractivity contribution is 8.04. The summed E-state index contributed by atoms with van der Waals surface area (Å²) in [5.74, 6) is -0.175. The van der Waals surface area contributed by atoms with Gasteiger partial charge in [0.25, 0.3) is 17.5 Å². The number of non-ortho nitro benzene ring substituents is 1. The van der Waals surface area contributed by atoms with Gasteiger partial charge in [-0.15, -0.1) is 0 Å². The van der Waals surface area contributed by atoms with Gasteiger partial charge in [0.1, 0.15) is 0 Å². The molecule has 0 atom stereocenters. The Bertz CT molecular complexity index is 1310. The summed E-state index contributed by atoms with van der Waals surface area (Å²) in [4.78, 5) is 41.4. The molecule has 0 aromatic heterocycles. The van der Waals surface area contributed by atoms with Gasteiger partial charge in [-0.1, -0.05) is 36.0 Å². The van der Waals surface area contributed by atoms with E-state index in [9.17, 15) is 19.7 Å². The Morgan fingerprint density at radius 2 is 1.63 bits per heavy atom. The molecule has 9 heteroatoms. The Morgan fingerprint density at radius 1 is 0.943 bits per heavy atom. The zero-order valence-corrected chi connectivity index (χ0v) is 19.5. The van der Waals surface area contributed by atoms with Crippen LogP contribution in [0.2, 0.25) is 0 Å². The topological polar surface area (TPSA) is 95.8 Å². The first-order valence-electron chi connectivity index (χ1n) is 11.2. The van der Waals surface area contributed by atoms with E-state index in [1.54, 1.807) is 24.3 Å². The highest BCUT2D eigenvalue weighted by Crippen LogP contribution is 2.38. The van der Waals surface area contributed by atoms with Crippen molar-refractivity contribution in [1.82, 2.24) is 4.90 Å². The van der Waals surface area contributed by atoms with Crippen molar-refractivity contribution in [2.45, 2.75) is 4.90 Å². The van der Waals surface area contributed by atoms with E-state index in [1.807, 2.05) is 47.4 Å². The van der Waals surface area contributed by atoms with Gasteiger partial charge in [-0.05, 0) is 48.0 Å². The predicted octanol–water partition coefficient (Wildman–Crippen LogP) is 4.64. The van der Waals surface area contributed by atoms with Crippen LogP contribution in [0.5, 0.6) is 0 Å². The standard InChI is InChI=1S/C26H22N4O4S/c31-25-24(35-23-4-2-1-3-22(23)27-25)17-18-5-7-19(8-6-18)26(32)29-15-13-28(14-16-29)20-9-11-21(12-10-20)30(33)34/h1-12,17H,13-16H2,(H,27,31). The summed E-state index contributed by atoms with van der Waals surface area (Å²) in [7, 11) is 0. The normalized spacial score (nSPS) is 16.6. The minimum Gasteiger partial charge on any atom is -0.368 e. The summed E-state index contributed by atoms with van der Waals surface area (Å²) in [5, 5.41) is 13.8. The number of nitro groups is 1. The molecular formula is C26H22N4O4S. The highest BCUT2D eigenvalue weighted by Gasteiger charge is 2.23. The molecule has 176 valence electrons. The molecule has 1 N–H and O–H groups in total. The third-order valence-corrected chi connectivity index (χ3v) is 7.13. The van der Waals surface area contributed by atoms with E-state index in [0.717, 1.165) is 21.8 Å². The first-order chi connectivity index (χ1) is 17.0. The van der Waals surface area contributed by atoms with Gasteiger partial charge in [0.15, 0.2) is 0 Å². The summed E-state index contributed by atoms with van der Waals surface area (Å²) in [6.45, 7) is 2.44. The quantitative estimate of drug-likeness (QED) is 0.328. The predicted molar refractivity (Wildman–Crippen MR) is 137 cm³/mol. The van der Waals surface area contributed by atoms with Gasteiger partial charge < -0.3 is 15.1 Å². The number of nitrogens with one attached hydrogen (secondary N) is 1. The molecule has 8 nitrogen and oxygen atoms in total. The minimum absolute atomic E-state index is 0.0359. The van der Waals surface area contributed by atoms with Crippen LogP contribution in [-0.2, 0) is 4.79 Å². The average Bonchev–Trinajstić information content (AvgIpc) is 2.89. The van der Waals surface area contributed by atoms with Crippen LogP contribution in [0.15, 0.2) is 82.6 Å². The SMILES string of the molecule is O=C1Nc2ccccc2SC1=Cc1ccc(C(=O)N2CCN(c3ccc([N+](=O)[O-])cc3)CC2)cc1. The van der Waals surface area contributed by atoms with Crippen LogP contribution >= 0.6 is 11.8 Å². The Labute approximate surface area is 206 Å². The number of nitrogens with zero attached hydrogens (tertiary/aromatic N) is 3. The monoisotopic (exact) mass is 486 g/mol. The van der Waals surface area contributed by atoms with E-state index in [0.29, 0.717) is 36.6 Å². The van der Waals surface area contributed by atoms with E-state index in [2.05, 4.69) is 10.2 Å². The second-order valence-corrected chi connectivity index (χ2v) is 9.32. The molecule has 0 unspecified atom stereocenters. The van der Waals surface area contributed by atoms with E-state index < -0.39 is 4.92 Å². The Hall–Kier alpha value is -4.11. The Kier molecular flexibility index (Phi) is 6.24. The largest absolute Gasteiger partial charge is 0.368 e. The zero-order valence-electron chi connectivity index (χ0n) is 18.7. The fourth-order valence-electron chi connectivity index (χ4n) is 4.11. The number of fused-ring (bicyclic) bond motifs is 1. The molecule has 2 aliphatic rings. The molecule has 1 saturated heterocycles. The van der Waals surface area contributed by atoms with Crippen LogP contribution < -0.4 is 10.2 Å². The van der Waals surface area contributed by atoms with Crippen LogP contribution in [0.3, 0.4) is 0 Å². The summed E-state index contributed by atoms with van der Waals surface area (Å²) in [5.41, 5.74) is 3.24.